The van der Waals surface area contributed by atoms with Crippen LogP contribution < -0.4 is 0 Å². The monoisotopic (exact) mass is 948 g/mol. The van der Waals surface area contributed by atoms with Crippen molar-refractivity contribution in [1.82, 2.24) is 9.80 Å². The van der Waals surface area contributed by atoms with Crippen LogP contribution in [-0.4, -0.2) is 79.1 Å². The molecule has 4 heterocycles. The molecular weight excluding hydrogens is 917 g/mol. The maximum atomic E-state index is 12.2. The Balaban J connectivity index is 0.000000245. The number of carbonyl (C=O) groups excluding carboxylic acids is 3. The van der Waals surface area contributed by atoms with Gasteiger partial charge in [0.1, 0.15) is 18.4 Å². The van der Waals surface area contributed by atoms with Crippen LogP contribution in [-0.2, 0) is 41.9 Å². The van der Waals surface area contributed by atoms with Crippen LogP contribution in [0.4, 0.5) is 26.3 Å². The van der Waals surface area contributed by atoms with E-state index in [4.69, 9.17) is 21.1 Å². The van der Waals surface area contributed by atoms with E-state index in [1.165, 1.54) is 26.9 Å². The van der Waals surface area contributed by atoms with E-state index in [-0.39, 0.29) is 39.4 Å². The molecule has 2 amide bonds. The normalized spacial score (nSPS) is 17.2. The van der Waals surface area contributed by atoms with Crippen molar-refractivity contribution < 1.29 is 50.2 Å². The Bertz CT molecular complexity index is 1410. The summed E-state index contributed by atoms with van der Waals surface area (Å²) in [6, 6.07) is 11.8. The maximum absolute atomic E-state index is 12.2. The number of alkyl halides is 7. The number of hydrogen-bond acceptors (Lipinski definition) is 5. The van der Waals surface area contributed by atoms with Gasteiger partial charge in [-0.3, -0.25) is 14.4 Å². The smallest absolute Gasteiger partial charge is 0.381 e. The molecule has 4 aliphatic heterocycles. The highest BCUT2D eigenvalue weighted by atomic mass is 127. The first kappa shape index (κ1) is 42.7. The molecule has 2 aromatic carbocycles. The van der Waals surface area contributed by atoms with Gasteiger partial charge in [-0.25, -0.2) is 0 Å². The Morgan fingerprint density at radius 2 is 1.40 bits per heavy atom. The SMILES string of the molecule is C.C1CCOC1.ClCc1cc(Br)ccc1I.O=C(CC(F)(F)F)N1CC2(C1)OCc1cc(Br)ccc12.O=C1CN(C(=O)CC(F)(F)F)C1. The molecule has 0 aliphatic carbocycles. The molecular formula is C31H34Br2ClF6IN2O5. The number of ketones is 1. The van der Waals surface area contributed by atoms with Crippen LogP contribution in [0, 0.1) is 3.57 Å². The summed E-state index contributed by atoms with van der Waals surface area (Å²) >= 11 is 14.7. The third kappa shape index (κ3) is 13.3. The largest absolute Gasteiger partial charge is 0.397 e. The second kappa shape index (κ2) is 18.7. The molecule has 0 aromatic heterocycles. The predicted octanol–water partition coefficient (Wildman–Crippen LogP) is 8.54. The summed E-state index contributed by atoms with van der Waals surface area (Å²) in [4.78, 5) is 34.5. The Morgan fingerprint density at radius 3 is 1.85 bits per heavy atom. The Hall–Kier alpha value is -1.47. The van der Waals surface area contributed by atoms with Crippen LogP contribution in [0.1, 0.15) is 49.8 Å². The van der Waals surface area contributed by atoms with E-state index in [0.29, 0.717) is 12.5 Å². The van der Waals surface area contributed by atoms with Gasteiger partial charge in [0.05, 0.1) is 32.8 Å². The van der Waals surface area contributed by atoms with Gasteiger partial charge in [0.2, 0.25) is 11.8 Å². The summed E-state index contributed by atoms with van der Waals surface area (Å²) in [5.74, 6) is -1.54. The van der Waals surface area contributed by atoms with Gasteiger partial charge < -0.3 is 19.3 Å². The topological polar surface area (TPSA) is 76.2 Å². The standard InChI is InChI=1S/C13H11BrF3NO2.C7H5BrClI.C6H6F3NO2.C4H8O.CH4/c14-9-1-2-10-8(3-9)5-20-12(10)6-18(7-12)11(19)4-13(15,16)17;8-6-1-2-7(10)5(3-6)4-9;7-6(8,9)1-5(12)10-2-4(11)3-10;1-2-4-5-3-1;/h1-3H,4-7H2;1-3H,4H2;1-3H2;1-4H2;1H4. The molecule has 2 aromatic rings. The summed E-state index contributed by atoms with van der Waals surface area (Å²) in [6.07, 6.45) is -9.26. The predicted molar refractivity (Wildman–Crippen MR) is 183 cm³/mol. The molecule has 0 saturated carbocycles. The van der Waals surface area contributed by atoms with Gasteiger partial charge in [-0.2, -0.15) is 26.3 Å². The molecule has 1 spiro atoms. The molecule has 17 heteroatoms. The molecule has 48 heavy (non-hydrogen) atoms. The zero-order valence-corrected chi connectivity index (χ0v) is 30.8. The number of Topliss-reactive ketones (excluding diaryl/α,β-unsaturated/α-hetero) is 1. The van der Waals surface area contributed by atoms with Crippen LogP contribution in [0.25, 0.3) is 0 Å². The fourth-order valence-corrected chi connectivity index (χ4v) is 6.50. The van der Waals surface area contributed by atoms with Crippen molar-refractivity contribution in [2.75, 3.05) is 39.4 Å². The summed E-state index contributed by atoms with van der Waals surface area (Å²) in [6.45, 7) is 2.47. The Kier molecular flexibility index (Phi) is 16.6. The molecule has 6 rings (SSSR count). The molecule has 4 aliphatic rings. The van der Waals surface area contributed by atoms with Crippen molar-refractivity contribution in [3.8, 4) is 0 Å². The quantitative estimate of drug-likeness (QED) is 0.175. The Morgan fingerprint density at radius 1 is 0.875 bits per heavy atom. The number of carbonyl (C=O) groups is 3. The van der Waals surface area contributed by atoms with Gasteiger partial charge in [0.15, 0.2) is 5.78 Å². The van der Waals surface area contributed by atoms with Crippen LogP contribution in [0.5, 0.6) is 0 Å². The molecule has 0 radical (unpaired) electrons. The zero-order chi connectivity index (χ0) is 35.0. The van der Waals surface area contributed by atoms with E-state index in [2.05, 4.69) is 54.5 Å². The number of rotatable bonds is 3. The fourth-order valence-electron chi connectivity index (χ4n) is 4.71. The van der Waals surface area contributed by atoms with E-state index < -0.39 is 42.6 Å². The molecule has 268 valence electrons. The molecule has 7 nitrogen and oxygen atoms in total. The number of fused-ring (bicyclic) bond motifs is 2. The number of amides is 2. The van der Waals surface area contributed by atoms with Gasteiger partial charge in [-0.1, -0.05) is 45.4 Å². The lowest BCUT2D eigenvalue weighted by Gasteiger charge is -2.47. The van der Waals surface area contributed by atoms with Crippen molar-refractivity contribution in [2.24, 2.45) is 0 Å². The minimum Gasteiger partial charge on any atom is -0.381 e. The van der Waals surface area contributed by atoms with Crippen molar-refractivity contribution in [3.05, 3.63) is 65.6 Å². The fraction of sp³-hybridized carbons (Fsp3) is 0.516. The average Bonchev–Trinajstić information content (AvgIpc) is 3.63. The van der Waals surface area contributed by atoms with Gasteiger partial charge in [0.25, 0.3) is 0 Å². The van der Waals surface area contributed by atoms with Gasteiger partial charge in [0, 0.05) is 31.6 Å². The van der Waals surface area contributed by atoms with Crippen molar-refractivity contribution >= 4 is 83.6 Å². The molecule has 0 atom stereocenters. The second-order valence-corrected chi connectivity index (χ2v) is 14.2. The van der Waals surface area contributed by atoms with Crippen LogP contribution >= 0.6 is 66.1 Å². The first-order valence-corrected chi connectivity index (χ1v) is 17.3. The maximum Gasteiger partial charge on any atom is 0.397 e. The average molecular weight is 951 g/mol. The molecule has 0 unspecified atom stereocenters. The van der Waals surface area contributed by atoms with Crippen molar-refractivity contribution in [3.63, 3.8) is 0 Å². The van der Waals surface area contributed by atoms with E-state index in [0.717, 1.165) is 38.2 Å². The number of ether oxygens (including phenoxy) is 2. The van der Waals surface area contributed by atoms with Crippen LogP contribution in [0.15, 0.2) is 45.3 Å². The first-order valence-electron chi connectivity index (χ1n) is 14.1. The van der Waals surface area contributed by atoms with E-state index >= 15 is 0 Å². The van der Waals surface area contributed by atoms with Gasteiger partial charge >= 0.3 is 12.4 Å². The lowest BCUT2D eigenvalue weighted by atomic mass is 9.85. The lowest BCUT2D eigenvalue weighted by Crippen LogP contribution is -2.61. The summed E-state index contributed by atoms with van der Waals surface area (Å²) < 4.78 is 85.3. The van der Waals surface area contributed by atoms with Crippen molar-refractivity contribution in [1.29, 1.82) is 0 Å². The number of nitrogens with zero attached hydrogens (tertiary/aromatic N) is 2. The summed E-state index contributed by atoms with van der Waals surface area (Å²) in [5.41, 5.74) is 2.55. The molecule has 3 fully saturated rings. The highest BCUT2D eigenvalue weighted by Gasteiger charge is 2.52. The molecule has 0 bridgehead atoms. The highest BCUT2D eigenvalue weighted by Crippen LogP contribution is 2.44. The Labute approximate surface area is 310 Å². The van der Waals surface area contributed by atoms with Gasteiger partial charge in [-0.15, -0.1) is 11.6 Å². The molecule has 0 N–H and O–H groups in total. The third-order valence-corrected chi connectivity index (χ3v) is 9.40. The number of likely N-dealkylation sites (tertiary alicyclic amines) is 2. The van der Waals surface area contributed by atoms with E-state index in [1.807, 2.05) is 36.4 Å². The first-order chi connectivity index (χ1) is 21.9. The van der Waals surface area contributed by atoms with Crippen LogP contribution in [0.3, 0.4) is 0 Å². The number of hydrogen-bond donors (Lipinski definition) is 0. The van der Waals surface area contributed by atoms with Gasteiger partial charge in [-0.05, 0) is 82.5 Å². The van der Waals surface area contributed by atoms with E-state index in [9.17, 15) is 40.7 Å². The minimum atomic E-state index is -4.48. The van der Waals surface area contributed by atoms with Crippen LogP contribution in [0.2, 0.25) is 0 Å². The molecule has 3 saturated heterocycles. The highest BCUT2D eigenvalue weighted by molar-refractivity contribution is 14.1. The minimum absolute atomic E-state index is 0. The third-order valence-electron chi connectivity index (χ3n) is 7.08. The van der Waals surface area contributed by atoms with E-state index in [1.54, 1.807) is 0 Å². The lowest BCUT2D eigenvalue weighted by molar-refractivity contribution is -0.185. The summed E-state index contributed by atoms with van der Waals surface area (Å²) in [7, 11) is 0. The zero-order valence-electron chi connectivity index (χ0n) is 24.7. The summed E-state index contributed by atoms with van der Waals surface area (Å²) in [5, 5.41) is 0. The van der Waals surface area contributed by atoms with Crippen molar-refractivity contribution in [2.45, 2.75) is 63.6 Å². The number of benzene rings is 2. The second-order valence-electron chi connectivity index (χ2n) is 10.9. The number of halogens is 10.